The molecular weight excluding hydrogens is 557 g/mol. The van der Waals surface area contributed by atoms with Gasteiger partial charge in [0, 0.05) is 26.9 Å². The molecule has 8 aromatic rings. The molecule has 0 atom stereocenters. The predicted octanol–water partition coefficient (Wildman–Crippen LogP) is 9.80. The van der Waals surface area contributed by atoms with Crippen molar-refractivity contribution in [1.29, 1.82) is 10.5 Å². The van der Waals surface area contributed by atoms with Crippen molar-refractivity contribution in [3.8, 4) is 23.5 Å². The van der Waals surface area contributed by atoms with Gasteiger partial charge in [0.1, 0.15) is 17.7 Å². The number of alkyl halides is 3. The second kappa shape index (κ2) is 9.22. The number of nitriles is 2. The van der Waals surface area contributed by atoms with Crippen LogP contribution in [0.25, 0.3) is 65.8 Å². The molecule has 0 aliphatic heterocycles. The summed E-state index contributed by atoms with van der Waals surface area (Å²) in [5.74, 6) is 0. The number of halogens is 3. The van der Waals surface area contributed by atoms with Gasteiger partial charge in [-0.15, -0.1) is 0 Å². The Kier molecular flexibility index (Phi) is 5.38. The predicted molar refractivity (Wildman–Crippen MR) is 167 cm³/mol. The van der Waals surface area contributed by atoms with Crippen LogP contribution in [0.5, 0.6) is 0 Å². The minimum absolute atomic E-state index is 0.177. The maximum Gasteiger partial charge on any atom is 0.416 e. The molecule has 2 heterocycles. The van der Waals surface area contributed by atoms with E-state index in [4.69, 9.17) is 0 Å². The molecule has 0 bridgehead atoms. The lowest BCUT2D eigenvalue weighted by Crippen LogP contribution is -2.08. The van der Waals surface area contributed by atoms with Crippen molar-refractivity contribution in [2.45, 2.75) is 6.18 Å². The van der Waals surface area contributed by atoms with E-state index < -0.39 is 11.7 Å². The van der Waals surface area contributed by atoms with Crippen molar-refractivity contribution in [3.63, 3.8) is 0 Å². The van der Waals surface area contributed by atoms with Gasteiger partial charge in [-0.05, 0) is 41.8 Å². The minimum Gasteiger partial charge on any atom is -0.307 e. The zero-order valence-electron chi connectivity index (χ0n) is 22.9. The van der Waals surface area contributed by atoms with Gasteiger partial charge in [-0.25, -0.2) is 0 Å². The van der Waals surface area contributed by atoms with Gasteiger partial charge < -0.3 is 9.13 Å². The van der Waals surface area contributed by atoms with E-state index in [2.05, 4.69) is 24.3 Å². The van der Waals surface area contributed by atoms with Crippen LogP contribution >= 0.6 is 0 Å². The SMILES string of the molecule is N#Cc1ccc(-n2c3ccccc3c3ccc4ccccc4c32)c(C#N)c1-n1c2ccccc2c2ccc(C(F)(F)F)cc21. The van der Waals surface area contributed by atoms with E-state index in [0.29, 0.717) is 16.6 Å². The van der Waals surface area contributed by atoms with Crippen LogP contribution in [0.3, 0.4) is 0 Å². The fraction of sp³-hybridized carbons (Fsp3) is 0.0270. The fourth-order valence-corrected chi connectivity index (χ4v) is 6.57. The average molecular weight is 577 g/mol. The summed E-state index contributed by atoms with van der Waals surface area (Å²) in [6.07, 6.45) is -4.57. The van der Waals surface area contributed by atoms with E-state index >= 15 is 0 Å². The van der Waals surface area contributed by atoms with E-state index in [1.807, 2.05) is 65.2 Å². The van der Waals surface area contributed by atoms with Gasteiger partial charge in [-0.3, -0.25) is 0 Å². The molecule has 0 saturated heterocycles. The number of fused-ring (bicyclic) bond motifs is 8. The Morgan fingerprint density at radius 1 is 0.545 bits per heavy atom. The number of para-hydroxylation sites is 2. The highest BCUT2D eigenvalue weighted by atomic mass is 19.4. The highest BCUT2D eigenvalue weighted by Gasteiger charge is 2.32. The van der Waals surface area contributed by atoms with Crippen LogP contribution in [0.1, 0.15) is 16.7 Å². The molecule has 0 N–H and O–H groups in total. The lowest BCUT2D eigenvalue weighted by Gasteiger charge is -2.18. The second-order valence-corrected chi connectivity index (χ2v) is 10.7. The molecule has 2 aromatic heterocycles. The second-order valence-electron chi connectivity index (χ2n) is 10.7. The van der Waals surface area contributed by atoms with Crippen molar-refractivity contribution >= 4 is 54.4 Å². The van der Waals surface area contributed by atoms with Crippen LogP contribution in [0.4, 0.5) is 13.2 Å². The van der Waals surface area contributed by atoms with Crippen molar-refractivity contribution in [2.75, 3.05) is 0 Å². The molecule has 4 nitrogen and oxygen atoms in total. The molecule has 0 fully saturated rings. The summed E-state index contributed by atoms with van der Waals surface area (Å²) in [5.41, 5.74) is 2.95. The van der Waals surface area contributed by atoms with Gasteiger partial charge >= 0.3 is 6.18 Å². The number of benzene rings is 6. The highest BCUT2D eigenvalue weighted by molar-refractivity contribution is 6.19. The number of hydrogen-bond acceptors (Lipinski definition) is 2. The van der Waals surface area contributed by atoms with Crippen LogP contribution in [0.15, 0.2) is 115 Å². The molecule has 0 amide bonds. The van der Waals surface area contributed by atoms with Crippen molar-refractivity contribution in [1.82, 2.24) is 9.13 Å². The van der Waals surface area contributed by atoms with E-state index in [1.54, 1.807) is 28.8 Å². The number of nitrogens with zero attached hydrogens (tertiary/aromatic N) is 4. The third kappa shape index (κ3) is 3.50. The van der Waals surface area contributed by atoms with E-state index in [-0.39, 0.29) is 22.3 Å². The molecule has 208 valence electrons. The lowest BCUT2D eigenvalue weighted by molar-refractivity contribution is -0.137. The third-order valence-electron chi connectivity index (χ3n) is 8.41. The molecule has 44 heavy (non-hydrogen) atoms. The van der Waals surface area contributed by atoms with Gasteiger partial charge in [-0.1, -0.05) is 78.9 Å². The zero-order valence-corrected chi connectivity index (χ0v) is 22.9. The maximum absolute atomic E-state index is 14.0. The Bertz CT molecular complexity index is 2570. The monoisotopic (exact) mass is 576 g/mol. The van der Waals surface area contributed by atoms with E-state index in [1.165, 1.54) is 6.07 Å². The van der Waals surface area contributed by atoms with Gasteiger partial charge in [0.15, 0.2) is 0 Å². The lowest BCUT2D eigenvalue weighted by atomic mass is 10.0. The first-order chi connectivity index (χ1) is 21.4. The fourth-order valence-electron chi connectivity index (χ4n) is 6.57. The van der Waals surface area contributed by atoms with Crippen molar-refractivity contribution < 1.29 is 13.2 Å². The molecule has 0 radical (unpaired) electrons. The normalized spacial score (nSPS) is 11.9. The molecule has 6 aromatic carbocycles. The molecule has 0 spiro atoms. The Balaban J connectivity index is 1.57. The molecule has 7 heteroatoms. The number of hydrogen-bond donors (Lipinski definition) is 0. The number of rotatable bonds is 2. The maximum atomic E-state index is 14.0. The first-order valence-electron chi connectivity index (χ1n) is 13.9. The van der Waals surface area contributed by atoms with Gasteiger partial charge in [-0.2, -0.15) is 23.7 Å². The van der Waals surface area contributed by atoms with Gasteiger partial charge in [0.25, 0.3) is 0 Å². The Morgan fingerprint density at radius 3 is 1.86 bits per heavy atom. The standard InChI is InChI=1S/C37H19F3N4/c38-37(39,40)24-15-17-28-26-9-3-5-11-31(26)44(34(28)19-24)35-23(20-41)14-18-33(30(35)21-42)43-32-12-6-4-10-27(32)29-16-13-22-7-1-2-8-25(22)36(29)43/h1-19H. The average Bonchev–Trinajstić information content (AvgIpc) is 3.56. The molecular formula is C37H19F3N4. The highest BCUT2D eigenvalue weighted by Crippen LogP contribution is 2.42. The van der Waals surface area contributed by atoms with Gasteiger partial charge in [0.2, 0.25) is 0 Å². The molecule has 0 saturated carbocycles. The summed E-state index contributed by atoms with van der Waals surface area (Å²) >= 11 is 0. The first kappa shape index (κ1) is 25.6. The summed E-state index contributed by atoms with van der Waals surface area (Å²) in [7, 11) is 0. The van der Waals surface area contributed by atoms with Crippen molar-refractivity contribution in [2.24, 2.45) is 0 Å². The zero-order chi connectivity index (χ0) is 30.2. The van der Waals surface area contributed by atoms with Crippen LogP contribution in [-0.4, -0.2) is 9.13 Å². The Hall–Kier alpha value is -6.05. The van der Waals surface area contributed by atoms with Crippen LogP contribution in [-0.2, 0) is 6.18 Å². The topological polar surface area (TPSA) is 57.4 Å². The third-order valence-corrected chi connectivity index (χ3v) is 8.41. The van der Waals surface area contributed by atoms with Crippen molar-refractivity contribution in [3.05, 3.63) is 132 Å². The first-order valence-corrected chi connectivity index (χ1v) is 13.9. The van der Waals surface area contributed by atoms with E-state index in [9.17, 15) is 23.7 Å². The molecule has 0 unspecified atom stereocenters. The summed E-state index contributed by atoms with van der Waals surface area (Å²) in [5, 5.41) is 26.5. The smallest absolute Gasteiger partial charge is 0.307 e. The Morgan fingerprint density at radius 2 is 1.16 bits per heavy atom. The molecule has 0 aliphatic carbocycles. The van der Waals surface area contributed by atoms with Crippen LogP contribution in [0.2, 0.25) is 0 Å². The molecule has 8 rings (SSSR count). The quantitative estimate of drug-likeness (QED) is 0.206. The molecule has 0 aliphatic rings. The number of aromatic nitrogens is 2. The summed E-state index contributed by atoms with van der Waals surface area (Å²) < 4.78 is 45.5. The van der Waals surface area contributed by atoms with Gasteiger partial charge in [0.05, 0.1) is 44.6 Å². The summed E-state index contributed by atoms with van der Waals surface area (Å²) in [6, 6.07) is 38.9. The van der Waals surface area contributed by atoms with E-state index in [0.717, 1.165) is 50.1 Å². The van der Waals surface area contributed by atoms with Crippen LogP contribution < -0.4 is 0 Å². The van der Waals surface area contributed by atoms with Crippen LogP contribution in [0, 0.1) is 22.7 Å². The summed E-state index contributed by atoms with van der Waals surface area (Å²) in [6.45, 7) is 0. The largest absolute Gasteiger partial charge is 0.416 e. The summed E-state index contributed by atoms with van der Waals surface area (Å²) in [4.78, 5) is 0. The Labute approximate surface area is 248 Å². The minimum atomic E-state index is -4.57.